The van der Waals surface area contributed by atoms with Gasteiger partial charge in [-0.05, 0) is 12.5 Å². The number of aromatic amines is 1. The van der Waals surface area contributed by atoms with Crippen molar-refractivity contribution < 1.29 is 35.9 Å². The van der Waals surface area contributed by atoms with E-state index in [4.69, 9.17) is 0 Å². The van der Waals surface area contributed by atoms with Crippen LogP contribution in [-0.2, 0) is 10.9 Å². The van der Waals surface area contributed by atoms with Crippen molar-refractivity contribution in [2.24, 2.45) is 0 Å². The largest absolute Gasteiger partial charge is 0.417 e. The highest BCUT2D eigenvalue weighted by Gasteiger charge is 2.32. The Hall–Kier alpha value is -2.04. The van der Waals surface area contributed by atoms with Gasteiger partial charge in [-0.15, -0.1) is 0 Å². The zero-order valence-electron chi connectivity index (χ0n) is 11.5. The smallest absolute Gasteiger partial charge is 0.372 e. The fourth-order valence-electron chi connectivity index (χ4n) is 1.48. The number of halogens is 6. The number of hydrogen-bond acceptors (Lipinski definition) is 3. The van der Waals surface area contributed by atoms with E-state index < -0.39 is 41.6 Å². The Morgan fingerprint density at radius 3 is 2.43 bits per heavy atom. The predicted octanol–water partition coefficient (Wildman–Crippen LogP) is 2.09. The molecule has 0 radical (unpaired) electrons. The maximum atomic E-state index is 12.5. The van der Waals surface area contributed by atoms with Crippen molar-refractivity contribution in [3.8, 4) is 0 Å². The van der Waals surface area contributed by atoms with Crippen LogP contribution in [0.5, 0.6) is 0 Å². The molecule has 0 bridgehead atoms. The summed E-state index contributed by atoms with van der Waals surface area (Å²) < 4.78 is 77.1. The van der Waals surface area contributed by atoms with E-state index in [2.05, 4.69) is 10.1 Å². The van der Waals surface area contributed by atoms with Crippen molar-refractivity contribution in [1.29, 1.82) is 0 Å². The van der Waals surface area contributed by atoms with E-state index in [1.165, 1.54) is 0 Å². The van der Waals surface area contributed by atoms with Gasteiger partial charge in [0, 0.05) is 19.3 Å². The van der Waals surface area contributed by atoms with Crippen LogP contribution in [0.3, 0.4) is 0 Å². The lowest BCUT2D eigenvalue weighted by atomic mass is 10.2. The number of aromatic nitrogens is 1. The number of nitrogens with one attached hydrogen (secondary N) is 2. The van der Waals surface area contributed by atoms with Crippen molar-refractivity contribution in [3.05, 3.63) is 33.7 Å². The summed E-state index contributed by atoms with van der Waals surface area (Å²) in [5, 5.41) is 2.13. The second-order valence-electron chi connectivity index (χ2n) is 4.41. The van der Waals surface area contributed by atoms with Crippen LogP contribution in [0.1, 0.15) is 22.3 Å². The van der Waals surface area contributed by atoms with Gasteiger partial charge in [-0.3, -0.25) is 9.59 Å². The molecule has 11 heteroatoms. The molecule has 0 fully saturated rings. The number of amides is 1. The minimum atomic E-state index is -4.73. The Balaban J connectivity index is 2.51. The Morgan fingerprint density at radius 1 is 1.22 bits per heavy atom. The molecule has 0 saturated heterocycles. The zero-order valence-corrected chi connectivity index (χ0v) is 11.5. The molecule has 1 aromatic heterocycles. The molecule has 1 amide bonds. The average Bonchev–Trinajstić information content (AvgIpc) is 2.40. The van der Waals surface area contributed by atoms with E-state index in [1.54, 1.807) is 4.98 Å². The van der Waals surface area contributed by atoms with Gasteiger partial charge in [0.2, 0.25) is 0 Å². The van der Waals surface area contributed by atoms with Crippen LogP contribution in [0.15, 0.2) is 17.1 Å². The fraction of sp³-hybridized carbons (Fsp3) is 0.500. The molecule has 0 unspecified atom stereocenters. The summed E-state index contributed by atoms with van der Waals surface area (Å²) in [6.07, 6.45) is -8.76. The number of carbonyl (C=O) groups is 1. The maximum absolute atomic E-state index is 12.5. The summed E-state index contributed by atoms with van der Waals surface area (Å²) >= 11 is 0. The number of carbonyl (C=O) groups excluding carboxylic acids is 1. The first-order valence-electron chi connectivity index (χ1n) is 6.23. The maximum Gasteiger partial charge on any atom is 0.417 e. The Bertz CT molecular complexity index is 594. The number of pyridine rings is 1. The Morgan fingerprint density at radius 2 is 1.87 bits per heavy atom. The molecule has 1 rings (SSSR count). The third-order valence-corrected chi connectivity index (χ3v) is 2.49. The number of hydrogen-bond donors (Lipinski definition) is 2. The molecule has 0 aliphatic carbocycles. The summed E-state index contributed by atoms with van der Waals surface area (Å²) in [7, 11) is 0. The van der Waals surface area contributed by atoms with Gasteiger partial charge in [0.1, 0.15) is 12.2 Å². The van der Waals surface area contributed by atoms with Crippen LogP contribution in [-0.4, -0.2) is 36.8 Å². The number of ether oxygens (including phenoxy) is 1. The minimum Gasteiger partial charge on any atom is -0.372 e. The molecule has 0 aliphatic heterocycles. The molecule has 0 aromatic carbocycles. The van der Waals surface area contributed by atoms with Gasteiger partial charge < -0.3 is 15.0 Å². The van der Waals surface area contributed by atoms with E-state index in [1.807, 2.05) is 0 Å². The van der Waals surface area contributed by atoms with Crippen molar-refractivity contribution >= 4 is 5.91 Å². The van der Waals surface area contributed by atoms with E-state index >= 15 is 0 Å². The fourth-order valence-corrected chi connectivity index (χ4v) is 1.48. The molecule has 2 N–H and O–H groups in total. The quantitative estimate of drug-likeness (QED) is 0.612. The standard InChI is InChI=1S/C12H12F6N2O3/c13-11(14,15)6-23-3-1-2-19-9(21)8-4-7(12(16,17)18)5-20-10(8)22/h4-5H,1-3,6H2,(H,19,21)(H,20,22). The number of rotatable bonds is 6. The molecule has 1 aromatic rings. The van der Waals surface area contributed by atoms with Gasteiger partial charge in [0.05, 0.1) is 5.56 Å². The molecule has 5 nitrogen and oxygen atoms in total. The first-order valence-corrected chi connectivity index (χ1v) is 6.23. The second-order valence-corrected chi connectivity index (χ2v) is 4.41. The van der Waals surface area contributed by atoms with E-state index in [0.717, 1.165) is 0 Å². The van der Waals surface area contributed by atoms with Gasteiger partial charge in [0.25, 0.3) is 11.5 Å². The van der Waals surface area contributed by atoms with Crippen LogP contribution < -0.4 is 10.9 Å². The van der Waals surface area contributed by atoms with Gasteiger partial charge in [-0.2, -0.15) is 26.3 Å². The predicted molar refractivity (Wildman–Crippen MR) is 65.9 cm³/mol. The molecule has 23 heavy (non-hydrogen) atoms. The van der Waals surface area contributed by atoms with Crippen molar-refractivity contribution in [2.75, 3.05) is 19.8 Å². The topological polar surface area (TPSA) is 71.2 Å². The van der Waals surface area contributed by atoms with E-state index in [9.17, 15) is 35.9 Å². The summed E-state index contributed by atoms with van der Waals surface area (Å²) in [5.74, 6) is -1.06. The number of H-pyrrole nitrogens is 1. The highest BCUT2D eigenvalue weighted by molar-refractivity contribution is 5.93. The monoisotopic (exact) mass is 346 g/mol. The van der Waals surface area contributed by atoms with Gasteiger partial charge in [-0.25, -0.2) is 0 Å². The second kappa shape index (κ2) is 7.49. The highest BCUT2D eigenvalue weighted by Crippen LogP contribution is 2.28. The summed E-state index contributed by atoms with van der Waals surface area (Å²) in [4.78, 5) is 24.8. The first kappa shape index (κ1) is 19.0. The SMILES string of the molecule is O=C(NCCCOCC(F)(F)F)c1cc(C(F)(F)F)c[nH]c1=O. The van der Waals surface area contributed by atoms with Crippen LogP contribution in [0.25, 0.3) is 0 Å². The Labute approximate surface area is 125 Å². The minimum absolute atomic E-state index is 0.00130. The molecule has 1 heterocycles. The highest BCUT2D eigenvalue weighted by atomic mass is 19.4. The molecular weight excluding hydrogens is 334 g/mol. The molecule has 0 spiro atoms. The van der Waals surface area contributed by atoms with Crippen molar-refractivity contribution in [2.45, 2.75) is 18.8 Å². The van der Waals surface area contributed by atoms with Gasteiger partial charge in [-0.1, -0.05) is 0 Å². The summed E-state index contributed by atoms with van der Waals surface area (Å²) in [5.41, 5.74) is -2.95. The normalized spacial score (nSPS) is 12.3. The summed E-state index contributed by atoms with van der Waals surface area (Å²) in [6, 6.07) is 0.397. The third kappa shape index (κ3) is 6.72. The Kier molecular flexibility index (Phi) is 6.19. The third-order valence-electron chi connectivity index (χ3n) is 2.49. The molecular formula is C12H12F6N2O3. The van der Waals surface area contributed by atoms with Crippen LogP contribution in [0, 0.1) is 0 Å². The summed E-state index contributed by atoms with van der Waals surface area (Å²) in [6.45, 7) is -1.90. The lowest BCUT2D eigenvalue weighted by Gasteiger charge is -2.09. The molecule has 0 saturated carbocycles. The molecule has 130 valence electrons. The van der Waals surface area contributed by atoms with Gasteiger partial charge in [0.15, 0.2) is 0 Å². The van der Waals surface area contributed by atoms with Gasteiger partial charge >= 0.3 is 12.4 Å². The van der Waals surface area contributed by atoms with Crippen LogP contribution in [0.4, 0.5) is 26.3 Å². The molecule has 0 atom stereocenters. The lowest BCUT2D eigenvalue weighted by molar-refractivity contribution is -0.173. The van der Waals surface area contributed by atoms with Crippen LogP contribution in [0.2, 0.25) is 0 Å². The molecule has 0 aliphatic rings. The lowest BCUT2D eigenvalue weighted by Crippen LogP contribution is -2.31. The zero-order chi connectivity index (χ0) is 17.7. The average molecular weight is 346 g/mol. The number of alkyl halides is 6. The van der Waals surface area contributed by atoms with E-state index in [-0.39, 0.29) is 19.6 Å². The van der Waals surface area contributed by atoms with Crippen molar-refractivity contribution in [1.82, 2.24) is 10.3 Å². The first-order chi connectivity index (χ1) is 10.5. The van der Waals surface area contributed by atoms with Crippen LogP contribution >= 0.6 is 0 Å². The van der Waals surface area contributed by atoms with Crippen molar-refractivity contribution in [3.63, 3.8) is 0 Å². The van der Waals surface area contributed by atoms with E-state index in [0.29, 0.717) is 12.3 Å².